The first-order valence-corrected chi connectivity index (χ1v) is 10.3. The number of rotatable bonds is 7. The highest BCUT2D eigenvalue weighted by Crippen LogP contribution is 2.39. The van der Waals surface area contributed by atoms with E-state index in [4.69, 9.17) is 0 Å². The maximum absolute atomic E-state index is 12.1. The lowest BCUT2D eigenvalue weighted by Crippen LogP contribution is -2.37. The minimum atomic E-state index is -3.35. The molecule has 1 aromatic carbocycles. The second-order valence-corrected chi connectivity index (χ2v) is 9.32. The van der Waals surface area contributed by atoms with Gasteiger partial charge in [-0.1, -0.05) is 12.8 Å². The standard InChI is InChI=1S/C18H28N2O3S/c1-14(21)15-7-8-17(24(4,22)23)16(11-15)19-12-18(13-20(2)3)9-5-6-10-18/h7-8,11,19H,5-6,9-10,12-13H2,1-4H3. The van der Waals surface area contributed by atoms with E-state index >= 15 is 0 Å². The molecule has 1 aliphatic rings. The summed E-state index contributed by atoms with van der Waals surface area (Å²) in [6.45, 7) is 3.18. The summed E-state index contributed by atoms with van der Waals surface area (Å²) >= 11 is 0. The summed E-state index contributed by atoms with van der Waals surface area (Å²) < 4.78 is 24.1. The van der Waals surface area contributed by atoms with Gasteiger partial charge in [-0.25, -0.2) is 8.42 Å². The van der Waals surface area contributed by atoms with Gasteiger partial charge < -0.3 is 10.2 Å². The lowest BCUT2D eigenvalue weighted by molar-refractivity contribution is 0.101. The Balaban J connectivity index is 2.30. The van der Waals surface area contributed by atoms with Crippen molar-refractivity contribution in [2.24, 2.45) is 5.41 Å². The quantitative estimate of drug-likeness (QED) is 0.765. The molecule has 0 radical (unpaired) electrons. The van der Waals surface area contributed by atoms with Crippen LogP contribution < -0.4 is 5.32 Å². The zero-order valence-corrected chi connectivity index (χ0v) is 15.9. The third-order valence-electron chi connectivity index (χ3n) is 4.76. The number of hydrogen-bond donors (Lipinski definition) is 1. The number of carbonyl (C=O) groups is 1. The number of nitrogens with one attached hydrogen (secondary N) is 1. The molecule has 24 heavy (non-hydrogen) atoms. The van der Waals surface area contributed by atoms with E-state index in [0.717, 1.165) is 25.9 Å². The van der Waals surface area contributed by atoms with Crippen molar-refractivity contribution in [1.82, 2.24) is 4.90 Å². The van der Waals surface area contributed by atoms with Gasteiger partial charge in [0, 0.05) is 30.3 Å². The van der Waals surface area contributed by atoms with Crippen molar-refractivity contribution in [1.29, 1.82) is 0 Å². The van der Waals surface area contributed by atoms with E-state index in [1.807, 2.05) is 0 Å². The summed E-state index contributed by atoms with van der Waals surface area (Å²) in [6.07, 6.45) is 5.90. The largest absolute Gasteiger partial charge is 0.383 e. The predicted molar refractivity (Wildman–Crippen MR) is 97.5 cm³/mol. The molecule has 5 nitrogen and oxygen atoms in total. The molecule has 0 aliphatic heterocycles. The molecule has 1 N–H and O–H groups in total. The smallest absolute Gasteiger partial charge is 0.177 e. The van der Waals surface area contributed by atoms with E-state index < -0.39 is 9.84 Å². The van der Waals surface area contributed by atoms with Crippen LogP contribution >= 0.6 is 0 Å². The molecule has 1 fully saturated rings. The molecule has 0 bridgehead atoms. The van der Waals surface area contributed by atoms with Crippen LogP contribution in [0.3, 0.4) is 0 Å². The molecule has 0 spiro atoms. The number of Topliss-reactive ketones (excluding diaryl/α,β-unsaturated/α-hetero) is 1. The zero-order chi connectivity index (χ0) is 18.0. The average molecular weight is 353 g/mol. The minimum Gasteiger partial charge on any atom is -0.383 e. The normalized spacial score (nSPS) is 17.2. The van der Waals surface area contributed by atoms with Gasteiger partial charge in [-0.2, -0.15) is 0 Å². The molecular weight excluding hydrogens is 324 g/mol. The van der Waals surface area contributed by atoms with E-state index in [-0.39, 0.29) is 16.1 Å². The Hall–Kier alpha value is -1.40. The second-order valence-electron chi connectivity index (χ2n) is 7.34. The Kier molecular flexibility index (Phi) is 5.71. The van der Waals surface area contributed by atoms with Gasteiger partial charge in [0.15, 0.2) is 15.6 Å². The monoisotopic (exact) mass is 352 g/mol. The van der Waals surface area contributed by atoms with Crippen LogP contribution in [-0.2, 0) is 9.84 Å². The highest BCUT2D eigenvalue weighted by molar-refractivity contribution is 7.90. The van der Waals surface area contributed by atoms with E-state index in [2.05, 4.69) is 24.3 Å². The average Bonchev–Trinajstić information content (AvgIpc) is 2.91. The van der Waals surface area contributed by atoms with Crippen LogP contribution in [0.5, 0.6) is 0 Å². The number of nitrogens with zero attached hydrogens (tertiary/aromatic N) is 1. The first-order valence-electron chi connectivity index (χ1n) is 8.37. The van der Waals surface area contributed by atoms with Crippen molar-refractivity contribution >= 4 is 21.3 Å². The molecule has 6 heteroatoms. The lowest BCUT2D eigenvalue weighted by Gasteiger charge is -2.33. The van der Waals surface area contributed by atoms with E-state index in [0.29, 0.717) is 11.3 Å². The molecule has 0 heterocycles. The minimum absolute atomic E-state index is 0.0676. The van der Waals surface area contributed by atoms with Crippen LogP contribution in [0.1, 0.15) is 43.0 Å². The summed E-state index contributed by atoms with van der Waals surface area (Å²) in [5, 5.41) is 3.35. The Morgan fingerprint density at radius 3 is 2.38 bits per heavy atom. The highest BCUT2D eigenvalue weighted by atomic mass is 32.2. The number of carbonyl (C=O) groups excluding carboxylic acids is 1. The zero-order valence-electron chi connectivity index (χ0n) is 15.1. The molecule has 1 aliphatic carbocycles. The summed E-state index contributed by atoms with van der Waals surface area (Å²) in [7, 11) is 0.787. The fourth-order valence-corrected chi connectivity index (χ4v) is 4.53. The molecule has 134 valence electrons. The van der Waals surface area contributed by atoms with Crippen molar-refractivity contribution < 1.29 is 13.2 Å². The first-order chi connectivity index (χ1) is 11.1. The van der Waals surface area contributed by atoms with E-state index in [9.17, 15) is 13.2 Å². The van der Waals surface area contributed by atoms with E-state index in [1.165, 1.54) is 32.1 Å². The number of hydrogen-bond acceptors (Lipinski definition) is 5. The van der Waals surface area contributed by atoms with Crippen LogP contribution in [0, 0.1) is 5.41 Å². The molecule has 2 rings (SSSR count). The van der Waals surface area contributed by atoms with Crippen LogP contribution in [0.4, 0.5) is 5.69 Å². The summed E-state index contributed by atoms with van der Waals surface area (Å²) in [5.74, 6) is -0.0676. The van der Waals surface area contributed by atoms with Crippen LogP contribution in [0.2, 0.25) is 0 Å². The topological polar surface area (TPSA) is 66.5 Å². The van der Waals surface area contributed by atoms with Crippen molar-refractivity contribution in [3.63, 3.8) is 0 Å². The molecule has 0 saturated heterocycles. The molecule has 1 saturated carbocycles. The number of anilines is 1. The summed E-state index contributed by atoms with van der Waals surface area (Å²) in [6, 6.07) is 4.77. The number of benzene rings is 1. The van der Waals surface area contributed by atoms with Gasteiger partial charge >= 0.3 is 0 Å². The first kappa shape index (κ1) is 18.9. The van der Waals surface area contributed by atoms with Crippen LogP contribution in [-0.4, -0.2) is 52.5 Å². The van der Waals surface area contributed by atoms with Crippen LogP contribution in [0.25, 0.3) is 0 Å². The third kappa shape index (κ3) is 4.57. The van der Waals surface area contributed by atoms with Crippen molar-refractivity contribution in [2.75, 3.05) is 38.8 Å². The number of ketones is 1. The van der Waals surface area contributed by atoms with Crippen LogP contribution in [0.15, 0.2) is 23.1 Å². The Bertz CT molecular complexity index is 705. The van der Waals surface area contributed by atoms with Gasteiger partial charge in [0.25, 0.3) is 0 Å². The Labute approximate surface area is 145 Å². The van der Waals surface area contributed by atoms with Crippen molar-refractivity contribution in [3.05, 3.63) is 23.8 Å². The predicted octanol–water partition coefficient (Wildman–Crippen LogP) is 2.83. The van der Waals surface area contributed by atoms with Gasteiger partial charge in [0.1, 0.15) is 0 Å². The fourth-order valence-electron chi connectivity index (χ4n) is 3.68. The molecule has 0 atom stereocenters. The van der Waals surface area contributed by atoms with Gasteiger partial charge in [0.05, 0.1) is 10.6 Å². The summed E-state index contributed by atoms with van der Waals surface area (Å²) in [4.78, 5) is 14.1. The molecular formula is C18H28N2O3S. The highest BCUT2D eigenvalue weighted by Gasteiger charge is 2.34. The van der Waals surface area contributed by atoms with Gasteiger partial charge in [-0.05, 0) is 52.1 Å². The van der Waals surface area contributed by atoms with Gasteiger partial charge in [-0.3, -0.25) is 4.79 Å². The molecule has 0 unspecified atom stereocenters. The molecule has 1 aromatic rings. The maximum atomic E-state index is 12.1. The van der Waals surface area contributed by atoms with Gasteiger partial charge in [-0.15, -0.1) is 0 Å². The summed E-state index contributed by atoms with van der Waals surface area (Å²) in [5.41, 5.74) is 1.22. The molecule has 0 amide bonds. The Morgan fingerprint density at radius 2 is 1.88 bits per heavy atom. The van der Waals surface area contributed by atoms with Gasteiger partial charge in [0.2, 0.25) is 0 Å². The molecule has 0 aromatic heterocycles. The lowest BCUT2D eigenvalue weighted by atomic mass is 9.85. The van der Waals surface area contributed by atoms with Crippen molar-refractivity contribution in [2.45, 2.75) is 37.5 Å². The Morgan fingerprint density at radius 1 is 1.25 bits per heavy atom. The number of sulfone groups is 1. The van der Waals surface area contributed by atoms with E-state index in [1.54, 1.807) is 12.1 Å². The maximum Gasteiger partial charge on any atom is 0.177 e. The van der Waals surface area contributed by atoms with Crippen molar-refractivity contribution in [3.8, 4) is 0 Å². The fraction of sp³-hybridized carbons (Fsp3) is 0.611. The third-order valence-corrected chi connectivity index (χ3v) is 5.91. The SMILES string of the molecule is CC(=O)c1ccc(S(C)(=O)=O)c(NCC2(CN(C)C)CCCC2)c1. The second kappa shape index (κ2) is 7.23.